The molecule has 0 radical (unpaired) electrons. The molecule has 1 aromatic carbocycles. The van der Waals surface area contributed by atoms with Crippen LogP contribution in [-0.4, -0.2) is 31.3 Å². The standard InChI is InChI=1S/C16H26N2O/c1-4-14(17)11-13-7-5-6-8-15(13)18-9-10-19-12-16(18,2)3/h5-8,14H,4,9-12,17H2,1-3H3. The summed E-state index contributed by atoms with van der Waals surface area (Å²) in [6.07, 6.45) is 1.96. The molecule has 1 saturated heterocycles. The largest absolute Gasteiger partial charge is 0.377 e. The number of morpholine rings is 1. The number of para-hydroxylation sites is 1. The Bertz CT molecular complexity index is 417. The average Bonchev–Trinajstić information content (AvgIpc) is 2.39. The molecule has 3 heteroatoms. The monoisotopic (exact) mass is 262 g/mol. The zero-order chi connectivity index (χ0) is 13.9. The Morgan fingerprint density at radius 1 is 1.37 bits per heavy atom. The highest BCUT2D eigenvalue weighted by Crippen LogP contribution is 2.30. The summed E-state index contributed by atoms with van der Waals surface area (Å²) in [5.74, 6) is 0. The van der Waals surface area contributed by atoms with Crippen molar-refractivity contribution < 1.29 is 4.74 Å². The van der Waals surface area contributed by atoms with E-state index in [0.717, 1.165) is 32.6 Å². The van der Waals surface area contributed by atoms with E-state index in [0.29, 0.717) is 0 Å². The molecule has 0 aromatic heterocycles. The fourth-order valence-electron chi connectivity index (χ4n) is 2.68. The van der Waals surface area contributed by atoms with Gasteiger partial charge in [0, 0.05) is 18.3 Å². The van der Waals surface area contributed by atoms with Crippen molar-refractivity contribution in [2.45, 2.75) is 45.2 Å². The maximum absolute atomic E-state index is 6.13. The van der Waals surface area contributed by atoms with Gasteiger partial charge in [-0.05, 0) is 38.3 Å². The highest BCUT2D eigenvalue weighted by Gasteiger charge is 2.31. The van der Waals surface area contributed by atoms with Gasteiger partial charge in [-0.3, -0.25) is 0 Å². The van der Waals surface area contributed by atoms with Gasteiger partial charge in [0.05, 0.1) is 18.8 Å². The van der Waals surface area contributed by atoms with Gasteiger partial charge in [-0.2, -0.15) is 0 Å². The van der Waals surface area contributed by atoms with Gasteiger partial charge < -0.3 is 15.4 Å². The minimum atomic E-state index is 0.0463. The van der Waals surface area contributed by atoms with Crippen molar-refractivity contribution in [3.05, 3.63) is 29.8 Å². The van der Waals surface area contributed by atoms with Gasteiger partial charge in [0.1, 0.15) is 0 Å². The maximum atomic E-state index is 6.13. The predicted octanol–water partition coefficient (Wildman–Crippen LogP) is 2.58. The van der Waals surface area contributed by atoms with E-state index in [-0.39, 0.29) is 11.6 Å². The second kappa shape index (κ2) is 5.93. The van der Waals surface area contributed by atoms with Crippen molar-refractivity contribution in [3.8, 4) is 0 Å². The zero-order valence-electron chi connectivity index (χ0n) is 12.4. The summed E-state index contributed by atoms with van der Waals surface area (Å²) in [5.41, 5.74) is 8.85. The molecule has 2 rings (SSSR count). The Balaban J connectivity index is 2.28. The van der Waals surface area contributed by atoms with Crippen LogP contribution in [0.3, 0.4) is 0 Å². The molecule has 1 heterocycles. The molecule has 0 spiro atoms. The minimum absolute atomic E-state index is 0.0463. The first kappa shape index (κ1) is 14.4. The topological polar surface area (TPSA) is 38.5 Å². The van der Waals surface area contributed by atoms with Crippen LogP contribution < -0.4 is 10.6 Å². The smallest absolute Gasteiger partial charge is 0.0694 e. The van der Waals surface area contributed by atoms with E-state index in [1.165, 1.54) is 11.3 Å². The van der Waals surface area contributed by atoms with Gasteiger partial charge in [-0.25, -0.2) is 0 Å². The molecule has 106 valence electrons. The third kappa shape index (κ3) is 3.28. The molecule has 0 saturated carbocycles. The molecule has 0 aliphatic carbocycles. The Morgan fingerprint density at radius 2 is 2.11 bits per heavy atom. The number of nitrogens with zero attached hydrogens (tertiary/aromatic N) is 1. The molecule has 1 aliphatic rings. The van der Waals surface area contributed by atoms with Crippen LogP contribution in [0.4, 0.5) is 5.69 Å². The van der Waals surface area contributed by atoms with E-state index in [4.69, 9.17) is 10.5 Å². The number of anilines is 1. The molecule has 1 fully saturated rings. The highest BCUT2D eigenvalue weighted by atomic mass is 16.5. The van der Waals surface area contributed by atoms with E-state index < -0.39 is 0 Å². The normalized spacial score (nSPS) is 20.3. The first-order chi connectivity index (χ1) is 9.04. The first-order valence-corrected chi connectivity index (χ1v) is 7.23. The van der Waals surface area contributed by atoms with Crippen LogP contribution in [0.1, 0.15) is 32.8 Å². The van der Waals surface area contributed by atoms with E-state index in [1.807, 2.05) is 0 Å². The predicted molar refractivity (Wildman–Crippen MR) is 80.7 cm³/mol. The Morgan fingerprint density at radius 3 is 2.79 bits per heavy atom. The van der Waals surface area contributed by atoms with Crippen LogP contribution in [0.5, 0.6) is 0 Å². The molecule has 19 heavy (non-hydrogen) atoms. The number of hydrogen-bond acceptors (Lipinski definition) is 3. The third-order valence-corrected chi connectivity index (χ3v) is 3.93. The lowest BCUT2D eigenvalue weighted by atomic mass is 9.97. The van der Waals surface area contributed by atoms with Crippen LogP contribution in [0.2, 0.25) is 0 Å². The van der Waals surface area contributed by atoms with E-state index in [1.54, 1.807) is 0 Å². The lowest BCUT2D eigenvalue weighted by Gasteiger charge is -2.44. The van der Waals surface area contributed by atoms with E-state index >= 15 is 0 Å². The second-order valence-electron chi connectivity index (χ2n) is 6.02. The summed E-state index contributed by atoms with van der Waals surface area (Å²) in [6, 6.07) is 8.88. The number of ether oxygens (including phenoxy) is 1. The van der Waals surface area contributed by atoms with Crippen molar-refractivity contribution in [1.82, 2.24) is 0 Å². The van der Waals surface area contributed by atoms with Gasteiger partial charge in [-0.15, -0.1) is 0 Å². The van der Waals surface area contributed by atoms with Crippen molar-refractivity contribution >= 4 is 5.69 Å². The number of hydrogen-bond donors (Lipinski definition) is 1. The molecule has 0 amide bonds. The molecule has 1 aromatic rings. The first-order valence-electron chi connectivity index (χ1n) is 7.23. The molecule has 1 atom stereocenters. The number of rotatable bonds is 4. The maximum Gasteiger partial charge on any atom is 0.0694 e. The highest BCUT2D eigenvalue weighted by molar-refractivity contribution is 5.56. The van der Waals surface area contributed by atoms with Crippen molar-refractivity contribution in [2.24, 2.45) is 5.73 Å². The van der Waals surface area contributed by atoms with Crippen LogP contribution >= 0.6 is 0 Å². The SMILES string of the molecule is CCC(N)Cc1ccccc1N1CCOCC1(C)C. The lowest BCUT2D eigenvalue weighted by molar-refractivity contribution is 0.0643. The van der Waals surface area contributed by atoms with Crippen molar-refractivity contribution in [1.29, 1.82) is 0 Å². The molecule has 2 N–H and O–H groups in total. The van der Waals surface area contributed by atoms with Gasteiger partial charge in [0.15, 0.2) is 0 Å². The number of benzene rings is 1. The van der Waals surface area contributed by atoms with Gasteiger partial charge in [0.25, 0.3) is 0 Å². The summed E-state index contributed by atoms with van der Waals surface area (Å²) >= 11 is 0. The van der Waals surface area contributed by atoms with Gasteiger partial charge in [0.2, 0.25) is 0 Å². The van der Waals surface area contributed by atoms with Gasteiger partial charge in [-0.1, -0.05) is 25.1 Å². The quantitative estimate of drug-likeness (QED) is 0.906. The molecule has 0 bridgehead atoms. The minimum Gasteiger partial charge on any atom is -0.377 e. The van der Waals surface area contributed by atoms with Crippen molar-refractivity contribution in [2.75, 3.05) is 24.7 Å². The van der Waals surface area contributed by atoms with Crippen LogP contribution in [-0.2, 0) is 11.2 Å². The van der Waals surface area contributed by atoms with Crippen LogP contribution in [0, 0.1) is 0 Å². The summed E-state index contributed by atoms with van der Waals surface area (Å²) in [5, 5.41) is 0. The Labute approximate surface area is 116 Å². The van der Waals surface area contributed by atoms with Crippen LogP contribution in [0.25, 0.3) is 0 Å². The number of nitrogens with two attached hydrogens (primary N) is 1. The molecule has 1 aliphatic heterocycles. The van der Waals surface area contributed by atoms with E-state index in [2.05, 4.69) is 49.9 Å². The molecular formula is C16H26N2O. The molecule has 1 unspecified atom stereocenters. The summed E-state index contributed by atoms with van der Waals surface area (Å²) in [7, 11) is 0. The second-order valence-corrected chi connectivity index (χ2v) is 6.02. The fourth-order valence-corrected chi connectivity index (χ4v) is 2.68. The average molecular weight is 262 g/mol. The molecular weight excluding hydrogens is 236 g/mol. The molecule has 3 nitrogen and oxygen atoms in total. The summed E-state index contributed by atoms with van der Waals surface area (Å²) in [4.78, 5) is 2.47. The van der Waals surface area contributed by atoms with Crippen LogP contribution in [0.15, 0.2) is 24.3 Å². The summed E-state index contributed by atoms with van der Waals surface area (Å²) < 4.78 is 5.61. The Hall–Kier alpha value is -1.06. The zero-order valence-corrected chi connectivity index (χ0v) is 12.4. The van der Waals surface area contributed by atoms with Gasteiger partial charge >= 0.3 is 0 Å². The Kier molecular flexibility index (Phi) is 4.48. The van der Waals surface area contributed by atoms with E-state index in [9.17, 15) is 0 Å². The lowest BCUT2D eigenvalue weighted by Crippen LogP contribution is -2.53. The summed E-state index contributed by atoms with van der Waals surface area (Å²) in [6.45, 7) is 9.15. The fraction of sp³-hybridized carbons (Fsp3) is 0.625. The third-order valence-electron chi connectivity index (χ3n) is 3.93. The van der Waals surface area contributed by atoms with Crippen molar-refractivity contribution in [3.63, 3.8) is 0 Å².